The molecule has 0 saturated heterocycles. The van der Waals surface area contributed by atoms with E-state index in [1.165, 1.54) is 32.7 Å². The zero-order chi connectivity index (χ0) is 17.9. The second-order valence-electron chi connectivity index (χ2n) is 4.97. The first-order valence-electron chi connectivity index (χ1n) is 7.15. The first-order valence-corrected chi connectivity index (χ1v) is 7.96. The lowest BCUT2D eigenvalue weighted by Crippen LogP contribution is -2.16. The van der Waals surface area contributed by atoms with Crippen molar-refractivity contribution in [1.82, 2.24) is 0 Å². The maximum absolute atomic E-state index is 12.7. The average Bonchev–Trinajstić information content (AvgIpc) is 2.87. The highest BCUT2D eigenvalue weighted by atomic mass is 32.1. The van der Waals surface area contributed by atoms with Crippen LogP contribution in [0, 0.1) is 13.8 Å². The van der Waals surface area contributed by atoms with E-state index < -0.39 is 11.9 Å². The van der Waals surface area contributed by atoms with Crippen molar-refractivity contribution in [2.75, 3.05) is 26.6 Å². The Balaban J connectivity index is 2.45. The summed E-state index contributed by atoms with van der Waals surface area (Å²) in [6.45, 7) is 3.70. The van der Waals surface area contributed by atoms with Gasteiger partial charge < -0.3 is 19.5 Å². The fourth-order valence-corrected chi connectivity index (χ4v) is 3.35. The Labute approximate surface area is 144 Å². The molecule has 128 valence electrons. The number of ether oxygens (including phenoxy) is 3. The molecule has 2 rings (SSSR count). The minimum atomic E-state index is -0.487. The van der Waals surface area contributed by atoms with E-state index >= 15 is 0 Å². The normalized spacial score (nSPS) is 10.2. The topological polar surface area (TPSA) is 73.9 Å². The molecule has 7 heteroatoms. The number of carbonyl (C=O) groups excluding carboxylic acids is 2. The maximum Gasteiger partial charge on any atom is 0.341 e. The van der Waals surface area contributed by atoms with Crippen LogP contribution in [-0.4, -0.2) is 33.2 Å². The third kappa shape index (κ3) is 3.21. The van der Waals surface area contributed by atoms with Gasteiger partial charge in [-0.2, -0.15) is 0 Å². The summed E-state index contributed by atoms with van der Waals surface area (Å²) in [7, 11) is 4.26. The fraction of sp³-hybridized carbons (Fsp3) is 0.294. The summed E-state index contributed by atoms with van der Waals surface area (Å²) in [5.74, 6) is -0.136. The molecule has 0 spiro atoms. The molecule has 0 aliphatic heterocycles. The molecule has 0 aliphatic rings. The van der Waals surface area contributed by atoms with Crippen LogP contribution in [0.3, 0.4) is 0 Å². The molecular formula is C17H19NO5S. The van der Waals surface area contributed by atoms with Gasteiger partial charge in [0.05, 0.1) is 26.9 Å². The maximum atomic E-state index is 12.7. The highest BCUT2D eigenvalue weighted by Crippen LogP contribution is 2.35. The van der Waals surface area contributed by atoms with E-state index in [1.807, 2.05) is 13.8 Å². The van der Waals surface area contributed by atoms with Gasteiger partial charge in [-0.15, -0.1) is 11.3 Å². The molecule has 0 unspecified atom stereocenters. The van der Waals surface area contributed by atoms with Gasteiger partial charge in [0.2, 0.25) is 0 Å². The summed E-state index contributed by atoms with van der Waals surface area (Å²) in [6.07, 6.45) is 0. The van der Waals surface area contributed by atoms with Gasteiger partial charge in [0.1, 0.15) is 22.1 Å². The second-order valence-corrected chi connectivity index (χ2v) is 6.20. The van der Waals surface area contributed by atoms with Gasteiger partial charge in [-0.05, 0) is 31.5 Å². The summed E-state index contributed by atoms with van der Waals surface area (Å²) in [5.41, 5.74) is 1.42. The number of hydrogen-bond acceptors (Lipinski definition) is 6. The molecule has 1 aromatic heterocycles. The van der Waals surface area contributed by atoms with Crippen molar-refractivity contribution in [1.29, 1.82) is 0 Å². The summed E-state index contributed by atoms with van der Waals surface area (Å²) < 4.78 is 15.3. The number of esters is 1. The average molecular weight is 349 g/mol. The first kappa shape index (κ1) is 17.8. The predicted molar refractivity (Wildman–Crippen MR) is 92.6 cm³/mol. The van der Waals surface area contributed by atoms with E-state index in [4.69, 9.17) is 14.2 Å². The van der Waals surface area contributed by atoms with Crippen molar-refractivity contribution in [3.8, 4) is 11.5 Å². The number of carbonyl (C=O) groups is 2. The SMILES string of the molecule is COC(=O)c1c(NC(=O)c2c(OC)cccc2OC)sc(C)c1C. The second kappa shape index (κ2) is 7.35. The van der Waals surface area contributed by atoms with E-state index in [1.54, 1.807) is 18.2 Å². The number of amides is 1. The molecular weight excluding hydrogens is 330 g/mol. The highest BCUT2D eigenvalue weighted by molar-refractivity contribution is 7.16. The molecule has 0 saturated carbocycles. The molecule has 1 N–H and O–H groups in total. The van der Waals surface area contributed by atoms with Crippen molar-refractivity contribution >= 4 is 28.2 Å². The molecule has 24 heavy (non-hydrogen) atoms. The van der Waals surface area contributed by atoms with E-state index in [0.29, 0.717) is 22.1 Å². The van der Waals surface area contributed by atoms with Crippen molar-refractivity contribution in [3.63, 3.8) is 0 Å². The number of anilines is 1. The zero-order valence-corrected chi connectivity index (χ0v) is 15.0. The van der Waals surface area contributed by atoms with E-state index in [0.717, 1.165) is 10.4 Å². The molecule has 1 aromatic carbocycles. The van der Waals surface area contributed by atoms with Crippen LogP contribution < -0.4 is 14.8 Å². The lowest BCUT2D eigenvalue weighted by atomic mass is 10.1. The molecule has 0 fully saturated rings. The van der Waals surface area contributed by atoms with Crippen LogP contribution in [0.1, 0.15) is 31.2 Å². The number of rotatable bonds is 5. The summed E-state index contributed by atoms with van der Waals surface area (Å²) in [4.78, 5) is 25.7. The summed E-state index contributed by atoms with van der Waals surface area (Å²) in [5, 5.41) is 3.21. The first-order chi connectivity index (χ1) is 11.4. The number of thiophene rings is 1. The van der Waals surface area contributed by atoms with Crippen LogP contribution >= 0.6 is 11.3 Å². The number of benzene rings is 1. The Hall–Kier alpha value is -2.54. The molecule has 0 bridgehead atoms. The Morgan fingerprint density at radius 2 is 1.58 bits per heavy atom. The predicted octanol–water partition coefficient (Wildman–Crippen LogP) is 3.42. The van der Waals surface area contributed by atoms with Crippen molar-refractivity contribution in [2.45, 2.75) is 13.8 Å². The van der Waals surface area contributed by atoms with Crippen LogP contribution in [0.15, 0.2) is 18.2 Å². The van der Waals surface area contributed by atoms with Crippen molar-refractivity contribution in [2.24, 2.45) is 0 Å². The molecule has 0 radical (unpaired) electrons. The van der Waals surface area contributed by atoms with Gasteiger partial charge in [0.15, 0.2) is 0 Å². The zero-order valence-electron chi connectivity index (χ0n) is 14.2. The standard InChI is InChI=1S/C17H19NO5S/c1-9-10(2)24-16(13(9)17(20)23-5)18-15(19)14-11(21-3)7-6-8-12(14)22-4/h6-8H,1-5H3,(H,18,19). The molecule has 0 atom stereocenters. The van der Waals surface area contributed by atoms with Gasteiger partial charge in [-0.3, -0.25) is 4.79 Å². The Kier molecular flexibility index (Phi) is 5.46. The molecule has 1 heterocycles. The Morgan fingerprint density at radius 3 is 2.08 bits per heavy atom. The molecule has 1 amide bonds. The Bertz CT molecular complexity index is 759. The molecule has 0 aliphatic carbocycles. The van der Waals surface area contributed by atoms with Gasteiger partial charge >= 0.3 is 5.97 Å². The summed E-state index contributed by atoms with van der Waals surface area (Å²) >= 11 is 1.32. The number of hydrogen-bond donors (Lipinski definition) is 1. The molecule has 6 nitrogen and oxygen atoms in total. The highest BCUT2D eigenvalue weighted by Gasteiger charge is 2.24. The lowest BCUT2D eigenvalue weighted by molar-refractivity contribution is 0.0601. The smallest absolute Gasteiger partial charge is 0.341 e. The van der Waals surface area contributed by atoms with E-state index in [2.05, 4.69) is 5.32 Å². The van der Waals surface area contributed by atoms with Crippen molar-refractivity contribution < 1.29 is 23.8 Å². The van der Waals surface area contributed by atoms with Crippen LogP contribution in [0.25, 0.3) is 0 Å². The third-order valence-electron chi connectivity index (χ3n) is 3.66. The third-order valence-corrected chi connectivity index (χ3v) is 4.78. The van der Waals surface area contributed by atoms with Crippen LogP contribution in [-0.2, 0) is 4.74 Å². The fourth-order valence-electron chi connectivity index (χ4n) is 2.30. The van der Waals surface area contributed by atoms with E-state index in [-0.39, 0.29) is 5.56 Å². The van der Waals surface area contributed by atoms with Gasteiger partial charge in [0, 0.05) is 4.88 Å². The lowest BCUT2D eigenvalue weighted by Gasteiger charge is -2.13. The van der Waals surface area contributed by atoms with Crippen LogP contribution in [0.2, 0.25) is 0 Å². The van der Waals surface area contributed by atoms with Crippen LogP contribution in [0.4, 0.5) is 5.00 Å². The van der Waals surface area contributed by atoms with Crippen LogP contribution in [0.5, 0.6) is 11.5 Å². The number of methoxy groups -OCH3 is 3. The largest absolute Gasteiger partial charge is 0.496 e. The quantitative estimate of drug-likeness (QED) is 0.837. The van der Waals surface area contributed by atoms with Gasteiger partial charge in [0.25, 0.3) is 5.91 Å². The monoisotopic (exact) mass is 349 g/mol. The van der Waals surface area contributed by atoms with Gasteiger partial charge in [-0.1, -0.05) is 6.07 Å². The molecule has 2 aromatic rings. The Morgan fingerprint density at radius 1 is 1.00 bits per heavy atom. The number of aryl methyl sites for hydroxylation is 1. The van der Waals surface area contributed by atoms with Crippen molar-refractivity contribution in [3.05, 3.63) is 39.8 Å². The number of nitrogens with one attached hydrogen (secondary N) is 1. The van der Waals surface area contributed by atoms with E-state index in [9.17, 15) is 9.59 Å². The summed E-state index contributed by atoms with van der Waals surface area (Å²) in [6, 6.07) is 5.07. The minimum Gasteiger partial charge on any atom is -0.496 e. The minimum absolute atomic E-state index is 0.266. The van der Waals surface area contributed by atoms with Gasteiger partial charge in [-0.25, -0.2) is 4.79 Å².